The Bertz CT molecular complexity index is 1470. The summed E-state index contributed by atoms with van der Waals surface area (Å²) in [6, 6.07) is 5.69. The predicted molar refractivity (Wildman–Crippen MR) is 130 cm³/mol. The minimum absolute atomic E-state index is 0.0679. The van der Waals surface area contributed by atoms with Crippen LogP contribution in [0.15, 0.2) is 36.7 Å². The third kappa shape index (κ3) is 4.16. The van der Waals surface area contributed by atoms with E-state index < -0.39 is 29.5 Å². The third-order valence-corrected chi connectivity index (χ3v) is 7.29. The molecule has 1 unspecified atom stereocenters. The molecule has 3 amide bonds. The van der Waals surface area contributed by atoms with Gasteiger partial charge in [-0.1, -0.05) is 6.07 Å². The van der Waals surface area contributed by atoms with Crippen molar-refractivity contribution in [3.05, 3.63) is 70.8 Å². The summed E-state index contributed by atoms with van der Waals surface area (Å²) in [5.74, 6) is -1.44. The Morgan fingerprint density at radius 2 is 1.76 bits per heavy atom. The lowest BCUT2D eigenvalue weighted by molar-refractivity contribution is -0.136. The molecule has 0 spiro atoms. The van der Waals surface area contributed by atoms with Gasteiger partial charge in [-0.25, -0.2) is 23.7 Å². The van der Waals surface area contributed by atoms with Crippen LogP contribution in [-0.2, 0) is 22.7 Å². The number of halogens is 2. The topological polar surface area (TPSA) is 134 Å². The Hall–Kier alpha value is -4.32. The van der Waals surface area contributed by atoms with E-state index >= 15 is 4.39 Å². The Morgan fingerprint density at radius 3 is 2.47 bits per heavy atom. The third-order valence-electron chi connectivity index (χ3n) is 7.29. The molecule has 3 aliphatic rings. The summed E-state index contributed by atoms with van der Waals surface area (Å²) in [6.07, 6.45) is 2.64. The largest absolute Gasteiger partial charge is 0.383 e. The van der Waals surface area contributed by atoms with Crippen molar-refractivity contribution in [1.82, 2.24) is 30.1 Å². The van der Waals surface area contributed by atoms with Crippen molar-refractivity contribution >= 4 is 23.5 Å². The first-order valence-corrected chi connectivity index (χ1v) is 12.2. The summed E-state index contributed by atoms with van der Waals surface area (Å²) >= 11 is 0. The predicted octanol–water partition coefficient (Wildman–Crippen LogP) is 1.76. The normalized spacial score (nSPS) is 19.9. The minimum atomic E-state index is -0.820. The molecule has 3 aromatic rings. The molecule has 0 radical (unpaired) electrons. The van der Waals surface area contributed by atoms with Crippen LogP contribution in [0.25, 0.3) is 11.3 Å². The fourth-order valence-corrected chi connectivity index (χ4v) is 5.23. The Balaban J connectivity index is 1.16. The van der Waals surface area contributed by atoms with E-state index in [9.17, 15) is 18.8 Å². The number of likely N-dealkylation sites (tertiary alicyclic amines) is 1. The number of anilines is 1. The zero-order chi connectivity index (χ0) is 26.6. The number of nitrogens with zero attached hydrogens (tertiary/aromatic N) is 5. The Kier molecular flexibility index (Phi) is 5.83. The average molecular weight is 520 g/mol. The second kappa shape index (κ2) is 9.21. The van der Waals surface area contributed by atoms with E-state index in [0.29, 0.717) is 31.2 Å². The summed E-state index contributed by atoms with van der Waals surface area (Å²) in [7, 11) is 0. The molecule has 2 saturated heterocycles. The molecule has 2 fully saturated rings. The van der Waals surface area contributed by atoms with E-state index in [4.69, 9.17) is 5.73 Å². The van der Waals surface area contributed by atoms with Gasteiger partial charge in [-0.05, 0) is 24.6 Å². The molecule has 1 aromatic carbocycles. The number of carbonyl (C=O) groups excluding carboxylic acids is 3. The number of amides is 3. The molecule has 3 N–H and O–H groups in total. The van der Waals surface area contributed by atoms with Crippen LogP contribution in [0.1, 0.15) is 46.1 Å². The fourth-order valence-electron chi connectivity index (χ4n) is 5.23. The molecule has 1 atom stereocenters. The second-order valence-corrected chi connectivity index (χ2v) is 9.74. The lowest BCUT2D eigenvalue weighted by atomic mass is 9.98. The highest BCUT2D eigenvalue weighted by Crippen LogP contribution is 2.35. The molecule has 6 rings (SSSR count). The SMILES string of the molecule is Nc1nc(-c2ccc3c(c2F)CN(C2CCC(=O)NC2=O)C3=O)ccc1CN1CC(c2ncc(F)cn2)C1. The van der Waals surface area contributed by atoms with E-state index in [2.05, 4.69) is 25.2 Å². The molecule has 5 heterocycles. The number of aromatic nitrogens is 3. The van der Waals surface area contributed by atoms with Crippen LogP contribution >= 0.6 is 0 Å². The standard InChI is InChI=1S/C26H23F2N7O3/c27-15-7-30-24(31-8-15)14-10-34(11-14)9-13-1-4-19(32-23(13)29)17-3-2-16-18(22(17)28)12-35(26(16)38)20-5-6-21(36)33-25(20)37/h1-4,7-8,14,20H,5-6,9-12H2,(H2,29,32)(H,33,36,37). The first-order valence-electron chi connectivity index (χ1n) is 12.2. The van der Waals surface area contributed by atoms with Crippen molar-refractivity contribution in [2.45, 2.75) is 37.9 Å². The van der Waals surface area contributed by atoms with Gasteiger partial charge in [0.05, 0.1) is 24.6 Å². The molecule has 38 heavy (non-hydrogen) atoms. The van der Waals surface area contributed by atoms with Gasteiger partial charge in [-0.15, -0.1) is 0 Å². The monoisotopic (exact) mass is 519 g/mol. The van der Waals surface area contributed by atoms with Gasteiger partial charge in [0.25, 0.3) is 5.91 Å². The summed E-state index contributed by atoms with van der Waals surface area (Å²) in [4.78, 5) is 52.6. The minimum Gasteiger partial charge on any atom is -0.383 e. The quantitative estimate of drug-likeness (QED) is 0.487. The van der Waals surface area contributed by atoms with E-state index in [1.165, 1.54) is 17.0 Å². The van der Waals surface area contributed by atoms with E-state index in [1.54, 1.807) is 12.1 Å². The lowest BCUT2D eigenvalue weighted by Gasteiger charge is -2.38. The maximum atomic E-state index is 15.6. The van der Waals surface area contributed by atoms with Crippen LogP contribution in [0.3, 0.4) is 0 Å². The van der Waals surface area contributed by atoms with Gasteiger partial charge in [-0.2, -0.15) is 0 Å². The van der Waals surface area contributed by atoms with Crippen molar-refractivity contribution in [2.24, 2.45) is 0 Å². The van der Waals surface area contributed by atoms with Gasteiger partial charge < -0.3 is 10.6 Å². The van der Waals surface area contributed by atoms with Crippen LogP contribution in [-0.4, -0.2) is 61.6 Å². The Labute approximate surface area is 215 Å². The highest BCUT2D eigenvalue weighted by Gasteiger charge is 2.40. The number of hydrogen-bond donors (Lipinski definition) is 2. The maximum Gasteiger partial charge on any atom is 0.255 e. The van der Waals surface area contributed by atoms with Crippen LogP contribution in [0.4, 0.5) is 14.6 Å². The van der Waals surface area contributed by atoms with Crippen LogP contribution in [0, 0.1) is 11.6 Å². The van der Waals surface area contributed by atoms with E-state index in [-0.39, 0.29) is 53.7 Å². The average Bonchev–Trinajstić information content (AvgIpc) is 3.20. The maximum absolute atomic E-state index is 15.6. The molecule has 0 bridgehead atoms. The molecule has 3 aliphatic heterocycles. The zero-order valence-corrected chi connectivity index (χ0v) is 20.2. The molecular formula is C26H23F2N7O3. The molecule has 2 aromatic heterocycles. The van der Waals surface area contributed by atoms with Crippen molar-refractivity contribution in [2.75, 3.05) is 18.8 Å². The molecule has 10 nitrogen and oxygen atoms in total. The number of imide groups is 1. The highest BCUT2D eigenvalue weighted by atomic mass is 19.1. The number of carbonyl (C=O) groups is 3. The number of pyridine rings is 1. The number of piperidine rings is 1. The summed E-state index contributed by atoms with van der Waals surface area (Å²) in [6.45, 7) is 1.87. The van der Waals surface area contributed by atoms with E-state index in [0.717, 1.165) is 18.0 Å². The van der Waals surface area contributed by atoms with Gasteiger partial charge in [0.15, 0.2) is 5.82 Å². The number of rotatable bonds is 5. The molecule has 12 heteroatoms. The van der Waals surface area contributed by atoms with Crippen LogP contribution in [0.2, 0.25) is 0 Å². The van der Waals surface area contributed by atoms with Gasteiger partial charge in [0, 0.05) is 54.2 Å². The zero-order valence-electron chi connectivity index (χ0n) is 20.2. The lowest BCUT2D eigenvalue weighted by Crippen LogP contribution is -2.52. The first kappa shape index (κ1) is 24.0. The number of benzene rings is 1. The number of nitrogens with one attached hydrogen (secondary N) is 1. The highest BCUT2D eigenvalue weighted by molar-refractivity contribution is 6.05. The number of fused-ring (bicyclic) bond motifs is 1. The van der Waals surface area contributed by atoms with Gasteiger partial charge in [-0.3, -0.25) is 24.6 Å². The molecule has 0 saturated carbocycles. The summed E-state index contributed by atoms with van der Waals surface area (Å²) in [5.41, 5.74) is 7.93. The summed E-state index contributed by atoms with van der Waals surface area (Å²) in [5, 5.41) is 2.24. The van der Waals surface area contributed by atoms with Crippen molar-refractivity contribution in [1.29, 1.82) is 0 Å². The van der Waals surface area contributed by atoms with Crippen molar-refractivity contribution < 1.29 is 23.2 Å². The number of hydrogen-bond acceptors (Lipinski definition) is 8. The van der Waals surface area contributed by atoms with Crippen LogP contribution < -0.4 is 11.1 Å². The second-order valence-electron chi connectivity index (χ2n) is 9.74. The number of nitrogens with two attached hydrogens (primary N) is 1. The van der Waals surface area contributed by atoms with Gasteiger partial charge in [0.2, 0.25) is 11.8 Å². The molecular weight excluding hydrogens is 496 g/mol. The van der Waals surface area contributed by atoms with Gasteiger partial charge >= 0.3 is 0 Å². The number of nitrogen functional groups attached to an aromatic ring is 1. The summed E-state index contributed by atoms with van der Waals surface area (Å²) < 4.78 is 28.7. The van der Waals surface area contributed by atoms with E-state index in [1.807, 2.05) is 0 Å². The van der Waals surface area contributed by atoms with Crippen molar-refractivity contribution in [3.8, 4) is 11.3 Å². The van der Waals surface area contributed by atoms with Crippen molar-refractivity contribution in [3.63, 3.8) is 0 Å². The van der Waals surface area contributed by atoms with Gasteiger partial charge in [0.1, 0.15) is 23.5 Å². The fraction of sp³-hybridized carbons (Fsp3) is 0.308. The smallest absolute Gasteiger partial charge is 0.255 e. The van der Waals surface area contributed by atoms with Crippen LogP contribution in [0.5, 0.6) is 0 Å². The molecule has 194 valence electrons. The molecule has 0 aliphatic carbocycles. The first-order chi connectivity index (χ1) is 18.3. The Morgan fingerprint density at radius 1 is 1.03 bits per heavy atom.